The molecular formula is C19H27NO. The third kappa shape index (κ3) is 2.35. The standard InChI is InChI=1S/C19H27NO/c1-12(2)11-20-18-7-8-19(4)13(3)16(18)9-14-5-6-15(21)10-17(14)19/h5-6,10-11,13,16,18,20-21H,7-9H2,1-4H3/t13-,16+,18?,19+/m1/s1. The molecule has 1 saturated carbocycles. The van der Waals surface area contributed by atoms with Crippen LogP contribution < -0.4 is 5.32 Å². The summed E-state index contributed by atoms with van der Waals surface area (Å²) < 4.78 is 0. The van der Waals surface area contributed by atoms with Crippen LogP contribution in [-0.2, 0) is 11.8 Å². The van der Waals surface area contributed by atoms with Crippen LogP contribution in [0.25, 0.3) is 0 Å². The Balaban J connectivity index is 1.96. The second-order valence-electron chi connectivity index (χ2n) is 7.45. The van der Waals surface area contributed by atoms with Gasteiger partial charge >= 0.3 is 0 Å². The average Bonchev–Trinajstić information content (AvgIpc) is 2.43. The van der Waals surface area contributed by atoms with Crippen LogP contribution in [0.1, 0.15) is 51.7 Å². The summed E-state index contributed by atoms with van der Waals surface area (Å²) in [6, 6.07) is 6.55. The Morgan fingerprint density at radius 3 is 2.86 bits per heavy atom. The highest BCUT2D eigenvalue weighted by Crippen LogP contribution is 2.52. The van der Waals surface area contributed by atoms with Gasteiger partial charge in [0.1, 0.15) is 5.75 Å². The van der Waals surface area contributed by atoms with E-state index in [4.69, 9.17) is 0 Å². The molecule has 0 radical (unpaired) electrons. The van der Waals surface area contributed by atoms with E-state index in [-0.39, 0.29) is 5.41 Å². The Bertz CT molecular complexity index is 573. The lowest BCUT2D eigenvalue weighted by molar-refractivity contribution is 0.0930. The first-order chi connectivity index (χ1) is 9.91. The number of hydrogen-bond donors (Lipinski definition) is 2. The zero-order chi connectivity index (χ0) is 15.2. The maximum Gasteiger partial charge on any atom is 0.115 e. The third-order valence-electron chi connectivity index (χ3n) is 5.89. The van der Waals surface area contributed by atoms with Crippen molar-refractivity contribution >= 4 is 0 Å². The highest BCUT2D eigenvalue weighted by atomic mass is 16.3. The van der Waals surface area contributed by atoms with Crippen molar-refractivity contribution in [1.82, 2.24) is 5.32 Å². The maximum atomic E-state index is 9.86. The van der Waals surface area contributed by atoms with E-state index in [2.05, 4.69) is 45.3 Å². The first-order valence-electron chi connectivity index (χ1n) is 8.13. The van der Waals surface area contributed by atoms with Gasteiger partial charge in [-0.25, -0.2) is 0 Å². The van der Waals surface area contributed by atoms with Gasteiger partial charge in [0.2, 0.25) is 0 Å². The summed E-state index contributed by atoms with van der Waals surface area (Å²) in [4.78, 5) is 0. The second-order valence-corrected chi connectivity index (χ2v) is 7.45. The molecule has 0 amide bonds. The van der Waals surface area contributed by atoms with Gasteiger partial charge < -0.3 is 10.4 Å². The number of phenolic OH excluding ortho intramolecular Hbond substituents is 1. The molecule has 0 aliphatic heterocycles. The molecule has 2 N–H and O–H groups in total. The molecule has 2 aliphatic carbocycles. The van der Waals surface area contributed by atoms with Crippen molar-refractivity contribution in [3.63, 3.8) is 0 Å². The predicted molar refractivity (Wildman–Crippen MR) is 87.4 cm³/mol. The molecule has 1 fully saturated rings. The summed E-state index contributed by atoms with van der Waals surface area (Å²) in [6.07, 6.45) is 5.70. The number of benzene rings is 1. The van der Waals surface area contributed by atoms with E-state index >= 15 is 0 Å². The Hall–Kier alpha value is -1.44. The fraction of sp³-hybridized carbons (Fsp3) is 0.579. The lowest BCUT2D eigenvalue weighted by atomic mass is 9.53. The molecule has 1 aromatic rings. The number of nitrogens with one attached hydrogen (secondary N) is 1. The third-order valence-corrected chi connectivity index (χ3v) is 5.89. The lowest BCUT2D eigenvalue weighted by Crippen LogP contribution is -2.53. The smallest absolute Gasteiger partial charge is 0.115 e. The van der Waals surface area contributed by atoms with Crippen LogP contribution in [-0.4, -0.2) is 11.1 Å². The van der Waals surface area contributed by atoms with Crippen molar-refractivity contribution < 1.29 is 5.11 Å². The molecule has 2 bridgehead atoms. The number of hydrogen-bond acceptors (Lipinski definition) is 2. The van der Waals surface area contributed by atoms with Gasteiger partial charge in [0, 0.05) is 6.04 Å². The van der Waals surface area contributed by atoms with Gasteiger partial charge in [-0.05, 0) is 79.8 Å². The first kappa shape index (κ1) is 14.5. The van der Waals surface area contributed by atoms with Gasteiger partial charge in [0.05, 0.1) is 0 Å². The number of rotatable bonds is 2. The molecule has 3 rings (SSSR count). The van der Waals surface area contributed by atoms with Gasteiger partial charge in [-0.15, -0.1) is 0 Å². The molecule has 0 spiro atoms. The van der Waals surface area contributed by atoms with Crippen molar-refractivity contribution in [2.24, 2.45) is 11.8 Å². The van der Waals surface area contributed by atoms with Crippen molar-refractivity contribution in [3.05, 3.63) is 41.1 Å². The van der Waals surface area contributed by atoms with Crippen molar-refractivity contribution in [1.29, 1.82) is 0 Å². The number of fused-ring (bicyclic) bond motifs is 4. The van der Waals surface area contributed by atoms with Gasteiger partial charge in [-0.2, -0.15) is 0 Å². The van der Waals surface area contributed by atoms with Gasteiger partial charge in [0.25, 0.3) is 0 Å². The minimum atomic E-state index is 0.208. The molecular weight excluding hydrogens is 258 g/mol. The minimum absolute atomic E-state index is 0.208. The second kappa shape index (κ2) is 5.08. The summed E-state index contributed by atoms with van der Waals surface area (Å²) in [6.45, 7) is 9.07. The van der Waals surface area contributed by atoms with Crippen LogP contribution >= 0.6 is 0 Å². The molecule has 2 heteroatoms. The lowest BCUT2D eigenvalue weighted by Gasteiger charge is -2.53. The number of allylic oxidation sites excluding steroid dienone is 1. The summed E-state index contributed by atoms with van der Waals surface area (Å²) in [5.74, 6) is 1.73. The quantitative estimate of drug-likeness (QED) is 0.856. The molecule has 21 heavy (non-hydrogen) atoms. The largest absolute Gasteiger partial charge is 0.508 e. The van der Waals surface area contributed by atoms with E-state index in [9.17, 15) is 5.11 Å². The zero-order valence-corrected chi connectivity index (χ0v) is 13.6. The van der Waals surface area contributed by atoms with Crippen LogP contribution in [0.5, 0.6) is 5.75 Å². The highest BCUT2D eigenvalue weighted by molar-refractivity contribution is 5.43. The fourth-order valence-electron chi connectivity index (χ4n) is 4.43. The Kier molecular flexibility index (Phi) is 3.51. The molecule has 0 saturated heterocycles. The predicted octanol–water partition coefficient (Wildman–Crippen LogP) is 4.13. The number of phenols is 1. The van der Waals surface area contributed by atoms with Crippen LogP contribution in [0.3, 0.4) is 0 Å². The molecule has 2 aliphatic rings. The van der Waals surface area contributed by atoms with E-state index in [1.54, 1.807) is 0 Å². The minimum Gasteiger partial charge on any atom is -0.508 e. The van der Waals surface area contributed by atoms with E-state index in [0.717, 1.165) is 6.42 Å². The van der Waals surface area contributed by atoms with Gasteiger partial charge in [0.15, 0.2) is 0 Å². The van der Waals surface area contributed by atoms with Crippen LogP contribution in [0.4, 0.5) is 0 Å². The summed E-state index contributed by atoms with van der Waals surface area (Å²) in [5.41, 5.74) is 4.35. The van der Waals surface area contributed by atoms with E-state index < -0.39 is 0 Å². The van der Waals surface area contributed by atoms with Crippen LogP contribution in [0, 0.1) is 11.8 Å². The maximum absolute atomic E-state index is 9.86. The highest BCUT2D eigenvalue weighted by Gasteiger charge is 2.48. The Labute approximate surface area is 128 Å². The van der Waals surface area contributed by atoms with E-state index in [0.29, 0.717) is 23.6 Å². The molecule has 0 heterocycles. The zero-order valence-electron chi connectivity index (χ0n) is 13.6. The Morgan fingerprint density at radius 2 is 2.14 bits per heavy atom. The first-order valence-corrected chi connectivity index (χ1v) is 8.13. The van der Waals surface area contributed by atoms with Gasteiger partial charge in [-0.3, -0.25) is 0 Å². The van der Waals surface area contributed by atoms with Crippen molar-refractivity contribution in [3.8, 4) is 5.75 Å². The fourth-order valence-corrected chi connectivity index (χ4v) is 4.43. The molecule has 0 aromatic heterocycles. The summed E-state index contributed by atoms with van der Waals surface area (Å²) in [7, 11) is 0. The SMILES string of the molecule is CC(C)=CNC1CC[C@]2(C)c3cc(O)ccc3C[C@H]1[C@H]2C. The van der Waals surface area contributed by atoms with Crippen LogP contribution in [0.2, 0.25) is 0 Å². The van der Waals surface area contributed by atoms with Crippen molar-refractivity contribution in [2.45, 2.75) is 58.4 Å². The average molecular weight is 285 g/mol. The normalized spacial score (nSPS) is 34.0. The summed E-state index contributed by atoms with van der Waals surface area (Å²) >= 11 is 0. The number of aromatic hydroxyl groups is 1. The summed E-state index contributed by atoms with van der Waals surface area (Å²) in [5, 5.41) is 13.5. The molecule has 2 nitrogen and oxygen atoms in total. The Morgan fingerprint density at radius 1 is 1.38 bits per heavy atom. The van der Waals surface area contributed by atoms with Crippen molar-refractivity contribution in [2.75, 3.05) is 0 Å². The molecule has 1 aromatic carbocycles. The van der Waals surface area contributed by atoms with Gasteiger partial charge in [-0.1, -0.05) is 25.5 Å². The topological polar surface area (TPSA) is 32.3 Å². The van der Waals surface area contributed by atoms with E-state index in [1.807, 2.05) is 12.1 Å². The molecule has 1 unspecified atom stereocenters. The molecule has 114 valence electrons. The van der Waals surface area contributed by atoms with Crippen LogP contribution in [0.15, 0.2) is 30.0 Å². The monoisotopic (exact) mass is 285 g/mol. The van der Waals surface area contributed by atoms with E-state index in [1.165, 1.54) is 29.5 Å². The molecule has 4 atom stereocenters.